The van der Waals surface area contributed by atoms with Gasteiger partial charge >= 0.3 is 0 Å². The van der Waals surface area contributed by atoms with Crippen LogP contribution in [-0.2, 0) is 11.3 Å². The smallest absolute Gasteiger partial charge is 0.0947 e. The zero-order valence-electron chi connectivity index (χ0n) is 10.5. The topological polar surface area (TPSA) is 37.6 Å². The van der Waals surface area contributed by atoms with Crippen molar-refractivity contribution in [1.29, 1.82) is 0 Å². The van der Waals surface area contributed by atoms with E-state index in [9.17, 15) is 0 Å². The molecule has 1 atom stereocenters. The fourth-order valence-electron chi connectivity index (χ4n) is 2.12. The summed E-state index contributed by atoms with van der Waals surface area (Å²) < 4.78 is 10.6. The van der Waals surface area contributed by atoms with Gasteiger partial charge in [-0.3, -0.25) is 0 Å². The van der Waals surface area contributed by atoms with Crippen LogP contribution in [0.25, 0.3) is 0 Å². The van der Waals surface area contributed by atoms with Gasteiger partial charge in [0.15, 0.2) is 0 Å². The molecule has 0 bridgehead atoms. The average molecular weight is 238 g/mol. The largest absolute Gasteiger partial charge is 0.472 e. The van der Waals surface area contributed by atoms with Crippen molar-refractivity contribution in [3.05, 3.63) is 24.2 Å². The van der Waals surface area contributed by atoms with Crippen LogP contribution in [0.5, 0.6) is 0 Å². The Kier molecular flexibility index (Phi) is 5.04. The van der Waals surface area contributed by atoms with Crippen molar-refractivity contribution in [2.45, 2.75) is 25.5 Å². The first-order chi connectivity index (χ1) is 8.34. The number of ether oxygens (including phenoxy) is 1. The number of rotatable bonds is 7. The van der Waals surface area contributed by atoms with Crippen LogP contribution < -0.4 is 5.32 Å². The lowest BCUT2D eigenvalue weighted by Gasteiger charge is -2.20. The minimum atomic E-state index is 0.453. The van der Waals surface area contributed by atoms with Gasteiger partial charge in [-0.1, -0.05) is 0 Å². The Morgan fingerprint density at radius 2 is 2.47 bits per heavy atom. The monoisotopic (exact) mass is 238 g/mol. The number of hydrogen-bond acceptors (Lipinski definition) is 4. The van der Waals surface area contributed by atoms with Crippen molar-refractivity contribution in [2.75, 3.05) is 33.3 Å². The molecule has 4 nitrogen and oxygen atoms in total. The molecule has 4 heteroatoms. The highest BCUT2D eigenvalue weighted by Gasteiger charge is 2.16. The molecule has 1 aromatic heterocycles. The zero-order chi connectivity index (χ0) is 11.9. The predicted octanol–water partition coefficient (Wildman–Crippen LogP) is 1.48. The lowest BCUT2D eigenvalue weighted by molar-refractivity contribution is 0.0815. The van der Waals surface area contributed by atoms with Crippen LogP contribution in [0, 0.1) is 0 Å². The first-order valence-electron chi connectivity index (χ1n) is 6.36. The van der Waals surface area contributed by atoms with Gasteiger partial charge in [-0.25, -0.2) is 0 Å². The Labute approximate surface area is 103 Å². The van der Waals surface area contributed by atoms with Gasteiger partial charge in [-0.05, 0) is 26.0 Å². The summed E-state index contributed by atoms with van der Waals surface area (Å²) in [6.45, 7) is 4.92. The average Bonchev–Trinajstić information content (AvgIpc) is 2.96. The molecule has 1 N–H and O–H groups in total. The molecule has 1 aliphatic heterocycles. The highest BCUT2D eigenvalue weighted by molar-refractivity contribution is 5.04. The maximum Gasteiger partial charge on any atom is 0.0947 e. The van der Waals surface area contributed by atoms with E-state index >= 15 is 0 Å². The molecule has 2 heterocycles. The summed E-state index contributed by atoms with van der Waals surface area (Å²) in [5, 5.41) is 3.40. The molecule has 2 rings (SSSR count). The van der Waals surface area contributed by atoms with E-state index in [-0.39, 0.29) is 0 Å². The third kappa shape index (κ3) is 4.50. The van der Waals surface area contributed by atoms with Crippen molar-refractivity contribution in [3.8, 4) is 0 Å². The fraction of sp³-hybridized carbons (Fsp3) is 0.692. The second kappa shape index (κ2) is 6.79. The number of likely N-dealkylation sites (N-methyl/N-ethyl adjacent to an activating group) is 1. The molecular weight excluding hydrogens is 216 g/mol. The summed E-state index contributed by atoms with van der Waals surface area (Å²) in [7, 11) is 2.15. The third-order valence-electron chi connectivity index (χ3n) is 3.12. The van der Waals surface area contributed by atoms with Crippen molar-refractivity contribution in [1.82, 2.24) is 10.2 Å². The molecule has 0 radical (unpaired) electrons. The van der Waals surface area contributed by atoms with E-state index in [2.05, 4.69) is 17.3 Å². The Balaban J connectivity index is 1.52. The van der Waals surface area contributed by atoms with Crippen LogP contribution in [0.1, 0.15) is 18.4 Å². The molecule has 1 aliphatic rings. The van der Waals surface area contributed by atoms with E-state index in [1.54, 1.807) is 12.5 Å². The van der Waals surface area contributed by atoms with E-state index in [4.69, 9.17) is 9.15 Å². The van der Waals surface area contributed by atoms with Crippen LogP contribution in [0.2, 0.25) is 0 Å². The van der Waals surface area contributed by atoms with E-state index in [0.29, 0.717) is 6.10 Å². The lowest BCUT2D eigenvalue weighted by Crippen LogP contribution is -2.34. The van der Waals surface area contributed by atoms with Crippen molar-refractivity contribution in [2.24, 2.45) is 0 Å². The molecule has 0 saturated carbocycles. The van der Waals surface area contributed by atoms with Gasteiger partial charge in [0, 0.05) is 38.3 Å². The summed E-state index contributed by atoms with van der Waals surface area (Å²) in [6, 6.07) is 1.99. The highest BCUT2D eigenvalue weighted by atomic mass is 16.5. The van der Waals surface area contributed by atoms with Crippen LogP contribution in [-0.4, -0.2) is 44.3 Å². The zero-order valence-corrected chi connectivity index (χ0v) is 10.5. The number of hydrogen-bond donors (Lipinski definition) is 1. The summed E-state index contributed by atoms with van der Waals surface area (Å²) in [5.41, 5.74) is 1.20. The Bertz CT molecular complexity index is 294. The lowest BCUT2D eigenvalue weighted by atomic mass is 10.2. The van der Waals surface area contributed by atoms with Crippen LogP contribution in [0.3, 0.4) is 0 Å². The third-order valence-corrected chi connectivity index (χ3v) is 3.12. The fourth-order valence-corrected chi connectivity index (χ4v) is 2.12. The molecule has 1 unspecified atom stereocenters. The Morgan fingerprint density at radius 3 is 3.18 bits per heavy atom. The second-order valence-electron chi connectivity index (χ2n) is 4.71. The summed E-state index contributed by atoms with van der Waals surface area (Å²) in [5.74, 6) is 0. The van der Waals surface area contributed by atoms with Crippen LogP contribution in [0.4, 0.5) is 0 Å². The maximum absolute atomic E-state index is 5.61. The van der Waals surface area contributed by atoms with Crippen LogP contribution >= 0.6 is 0 Å². The molecule has 1 fully saturated rings. The van der Waals surface area contributed by atoms with Gasteiger partial charge in [0.1, 0.15) is 0 Å². The summed E-state index contributed by atoms with van der Waals surface area (Å²) in [4.78, 5) is 2.33. The van der Waals surface area contributed by atoms with Gasteiger partial charge in [0.05, 0.1) is 18.6 Å². The summed E-state index contributed by atoms with van der Waals surface area (Å²) in [6.07, 6.45) is 6.38. The number of furan rings is 1. The van der Waals surface area contributed by atoms with Gasteiger partial charge < -0.3 is 19.4 Å². The quantitative estimate of drug-likeness (QED) is 0.730. The van der Waals surface area contributed by atoms with E-state index in [0.717, 1.165) is 32.8 Å². The first-order valence-corrected chi connectivity index (χ1v) is 6.36. The van der Waals surface area contributed by atoms with Crippen LogP contribution in [0.15, 0.2) is 23.0 Å². The number of nitrogens with one attached hydrogen (secondary N) is 1. The molecule has 17 heavy (non-hydrogen) atoms. The first kappa shape index (κ1) is 12.6. The molecule has 1 saturated heterocycles. The predicted molar refractivity (Wildman–Crippen MR) is 66.9 cm³/mol. The molecule has 1 aromatic rings. The van der Waals surface area contributed by atoms with E-state index < -0.39 is 0 Å². The van der Waals surface area contributed by atoms with Gasteiger partial charge in [-0.2, -0.15) is 0 Å². The van der Waals surface area contributed by atoms with E-state index in [1.807, 2.05) is 6.07 Å². The van der Waals surface area contributed by atoms with E-state index in [1.165, 1.54) is 18.4 Å². The van der Waals surface area contributed by atoms with Crippen molar-refractivity contribution >= 4 is 0 Å². The molecule has 96 valence electrons. The minimum absolute atomic E-state index is 0.453. The van der Waals surface area contributed by atoms with Gasteiger partial charge in [0.25, 0.3) is 0 Å². The maximum atomic E-state index is 5.61. The van der Waals surface area contributed by atoms with Gasteiger partial charge in [0.2, 0.25) is 0 Å². The Hall–Kier alpha value is -0.840. The van der Waals surface area contributed by atoms with Crippen molar-refractivity contribution in [3.63, 3.8) is 0 Å². The minimum Gasteiger partial charge on any atom is -0.472 e. The molecular formula is C13H22N2O2. The standard InChI is InChI=1S/C13H22N2O2/c1-15(10-13-3-2-7-17-13)6-5-14-9-12-4-8-16-11-12/h4,8,11,13-14H,2-3,5-7,9-10H2,1H3. The highest BCUT2D eigenvalue weighted by Crippen LogP contribution is 2.12. The Morgan fingerprint density at radius 1 is 1.53 bits per heavy atom. The normalized spacial score (nSPS) is 20.2. The molecule has 0 aliphatic carbocycles. The van der Waals surface area contributed by atoms with Gasteiger partial charge in [-0.15, -0.1) is 0 Å². The molecule has 0 spiro atoms. The SMILES string of the molecule is CN(CCNCc1ccoc1)CC1CCCO1. The number of nitrogens with zero attached hydrogens (tertiary/aromatic N) is 1. The second-order valence-corrected chi connectivity index (χ2v) is 4.71. The molecule has 0 aromatic carbocycles. The summed E-state index contributed by atoms with van der Waals surface area (Å²) >= 11 is 0. The molecule has 0 amide bonds. The van der Waals surface area contributed by atoms with Crippen molar-refractivity contribution < 1.29 is 9.15 Å².